The first-order valence-electron chi connectivity index (χ1n) is 4.97. The molecule has 1 aromatic carbocycles. The van der Waals surface area contributed by atoms with E-state index in [1.54, 1.807) is 11.3 Å². The molecular weight excluding hydrogens is 242 g/mol. The summed E-state index contributed by atoms with van der Waals surface area (Å²) in [5.74, 6) is 0. The molecule has 1 aromatic heterocycles. The maximum atomic E-state index is 5.94. The second-order valence-electron chi connectivity index (χ2n) is 3.55. The second-order valence-corrected chi connectivity index (χ2v) is 5.17. The molecule has 0 bridgehead atoms. The maximum absolute atomic E-state index is 5.94. The van der Waals surface area contributed by atoms with E-state index in [1.165, 1.54) is 0 Å². The largest absolute Gasteiger partial charge is 0.354 e. The van der Waals surface area contributed by atoms with E-state index in [0.29, 0.717) is 0 Å². The molecule has 1 N–H and O–H groups in total. The molecule has 1 atom stereocenters. The van der Waals surface area contributed by atoms with E-state index in [9.17, 15) is 0 Å². The second kappa shape index (κ2) is 4.80. The smallest absolute Gasteiger partial charge is 0.206 e. The molecule has 0 spiro atoms. The van der Waals surface area contributed by atoms with E-state index in [0.717, 1.165) is 20.7 Å². The Morgan fingerprint density at radius 2 is 2.19 bits per heavy atom. The van der Waals surface area contributed by atoms with Gasteiger partial charge in [-0.15, -0.1) is 10.2 Å². The number of halogens is 1. The quantitative estimate of drug-likeness (QED) is 0.907. The lowest BCUT2D eigenvalue weighted by Gasteiger charge is -2.12. The van der Waals surface area contributed by atoms with Gasteiger partial charge in [0, 0.05) is 5.02 Å². The van der Waals surface area contributed by atoms with E-state index in [1.807, 2.05) is 31.2 Å². The minimum atomic E-state index is 0.172. The van der Waals surface area contributed by atoms with Crippen molar-refractivity contribution in [2.75, 3.05) is 5.32 Å². The van der Waals surface area contributed by atoms with E-state index in [2.05, 4.69) is 22.4 Å². The Labute approximate surface area is 103 Å². The highest BCUT2D eigenvalue weighted by Gasteiger charge is 2.08. The van der Waals surface area contributed by atoms with Crippen LogP contribution in [0.25, 0.3) is 0 Å². The molecule has 1 heterocycles. The standard InChI is InChI=1S/C11H12ClN3S/c1-7(9-4-3-5-10(12)6-9)13-11-15-14-8(2)16-11/h3-7H,1-2H3,(H,13,15). The van der Waals surface area contributed by atoms with Crippen molar-refractivity contribution >= 4 is 28.1 Å². The van der Waals surface area contributed by atoms with Crippen LogP contribution in [-0.2, 0) is 0 Å². The number of rotatable bonds is 3. The first-order chi connectivity index (χ1) is 7.65. The van der Waals surface area contributed by atoms with Crippen LogP contribution in [0.4, 0.5) is 5.13 Å². The monoisotopic (exact) mass is 253 g/mol. The van der Waals surface area contributed by atoms with Crippen LogP contribution in [0, 0.1) is 6.92 Å². The van der Waals surface area contributed by atoms with Gasteiger partial charge in [0.15, 0.2) is 0 Å². The third kappa shape index (κ3) is 2.71. The number of hydrogen-bond acceptors (Lipinski definition) is 4. The van der Waals surface area contributed by atoms with Gasteiger partial charge in [0.1, 0.15) is 5.01 Å². The fraction of sp³-hybridized carbons (Fsp3) is 0.273. The van der Waals surface area contributed by atoms with Gasteiger partial charge in [-0.2, -0.15) is 0 Å². The van der Waals surface area contributed by atoms with Crippen molar-refractivity contribution in [2.45, 2.75) is 19.9 Å². The number of nitrogens with zero attached hydrogens (tertiary/aromatic N) is 2. The maximum Gasteiger partial charge on any atom is 0.206 e. The van der Waals surface area contributed by atoms with Crippen LogP contribution < -0.4 is 5.32 Å². The van der Waals surface area contributed by atoms with Crippen molar-refractivity contribution in [2.24, 2.45) is 0 Å². The van der Waals surface area contributed by atoms with Gasteiger partial charge in [0.2, 0.25) is 5.13 Å². The lowest BCUT2D eigenvalue weighted by Crippen LogP contribution is -2.06. The molecule has 0 saturated heterocycles. The predicted octanol–water partition coefficient (Wildman–Crippen LogP) is 3.67. The molecule has 16 heavy (non-hydrogen) atoms. The summed E-state index contributed by atoms with van der Waals surface area (Å²) >= 11 is 7.49. The van der Waals surface area contributed by atoms with Crippen LogP contribution in [0.15, 0.2) is 24.3 Å². The molecule has 0 fully saturated rings. The van der Waals surface area contributed by atoms with Crippen LogP contribution in [0.3, 0.4) is 0 Å². The Hall–Kier alpha value is -1.13. The van der Waals surface area contributed by atoms with Gasteiger partial charge < -0.3 is 5.32 Å². The molecule has 84 valence electrons. The number of aromatic nitrogens is 2. The lowest BCUT2D eigenvalue weighted by molar-refractivity contribution is 0.872. The lowest BCUT2D eigenvalue weighted by atomic mass is 10.1. The average Bonchev–Trinajstić information content (AvgIpc) is 2.64. The minimum Gasteiger partial charge on any atom is -0.354 e. The Balaban J connectivity index is 2.11. The van der Waals surface area contributed by atoms with Gasteiger partial charge >= 0.3 is 0 Å². The fourth-order valence-corrected chi connectivity index (χ4v) is 2.28. The van der Waals surface area contributed by atoms with Crippen molar-refractivity contribution in [1.82, 2.24) is 10.2 Å². The fourth-order valence-electron chi connectivity index (χ4n) is 1.40. The SMILES string of the molecule is Cc1nnc(NC(C)c2cccc(Cl)c2)s1. The summed E-state index contributed by atoms with van der Waals surface area (Å²) in [5, 5.41) is 13.8. The van der Waals surface area contributed by atoms with Crippen LogP contribution in [0.2, 0.25) is 5.02 Å². The molecule has 3 nitrogen and oxygen atoms in total. The molecule has 0 aliphatic carbocycles. The zero-order chi connectivity index (χ0) is 11.5. The van der Waals surface area contributed by atoms with Crippen molar-refractivity contribution in [1.29, 1.82) is 0 Å². The Morgan fingerprint density at radius 1 is 1.38 bits per heavy atom. The Morgan fingerprint density at radius 3 is 2.81 bits per heavy atom. The van der Waals surface area contributed by atoms with Crippen LogP contribution in [-0.4, -0.2) is 10.2 Å². The molecule has 2 aromatic rings. The number of anilines is 1. The molecule has 0 aliphatic rings. The molecule has 0 amide bonds. The summed E-state index contributed by atoms with van der Waals surface area (Å²) in [6.45, 7) is 4.01. The van der Waals surface area contributed by atoms with Crippen LogP contribution in [0.1, 0.15) is 23.5 Å². The van der Waals surface area contributed by atoms with Gasteiger partial charge in [-0.05, 0) is 31.5 Å². The molecule has 0 aliphatic heterocycles. The van der Waals surface area contributed by atoms with E-state index >= 15 is 0 Å². The summed E-state index contributed by atoms with van der Waals surface area (Å²) in [6, 6.07) is 7.98. The van der Waals surface area contributed by atoms with Crippen molar-refractivity contribution < 1.29 is 0 Å². The van der Waals surface area contributed by atoms with E-state index in [4.69, 9.17) is 11.6 Å². The highest BCUT2D eigenvalue weighted by Crippen LogP contribution is 2.23. The summed E-state index contributed by atoms with van der Waals surface area (Å²) in [6.07, 6.45) is 0. The number of benzene rings is 1. The van der Waals surface area contributed by atoms with Gasteiger partial charge in [0.05, 0.1) is 6.04 Å². The molecular formula is C11H12ClN3S. The Kier molecular flexibility index (Phi) is 3.41. The van der Waals surface area contributed by atoms with E-state index in [-0.39, 0.29) is 6.04 Å². The molecule has 5 heteroatoms. The Bertz CT molecular complexity index is 484. The topological polar surface area (TPSA) is 37.8 Å². The number of hydrogen-bond donors (Lipinski definition) is 1. The van der Waals surface area contributed by atoms with E-state index < -0.39 is 0 Å². The van der Waals surface area contributed by atoms with Gasteiger partial charge in [-0.1, -0.05) is 35.1 Å². The minimum absolute atomic E-state index is 0.172. The highest BCUT2D eigenvalue weighted by molar-refractivity contribution is 7.15. The molecule has 0 saturated carbocycles. The van der Waals surface area contributed by atoms with Gasteiger partial charge in [-0.25, -0.2) is 0 Å². The van der Waals surface area contributed by atoms with Crippen molar-refractivity contribution in [3.63, 3.8) is 0 Å². The summed E-state index contributed by atoms with van der Waals surface area (Å²) in [7, 11) is 0. The first kappa shape index (κ1) is 11.4. The van der Waals surface area contributed by atoms with Gasteiger partial charge in [0.25, 0.3) is 0 Å². The third-order valence-corrected chi connectivity index (χ3v) is 3.22. The first-order valence-corrected chi connectivity index (χ1v) is 6.16. The molecule has 1 unspecified atom stereocenters. The summed E-state index contributed by atoms with van der Waals surface area (Å²) < 4.78 is 0. The number of nitrogens with one attached hydrogen (secondary N) is 1. The summed E-state index contributed by atoms with van der Waals surface area (Å²) in [5.41, 5.74) is 1.14. The summed E-state index contributed by atoms with van der Waals surface area (Å²) in [4.78, 5) is 0. The predicted molar refractivity (Wildman–Crippen MR) is 68.1 cm³/mol. The number of aryl methyl sites for hydroxylation is 1. The average molecular weight is 254 g/mol. The van der Waals surface area contributed by atoms with Gasteiger partial charge in [-0.3, -0.25) is 0 Å². The van der Waals surface area contributed by atoms with Crippen molar-refractivity contribution in [3.8, 4) is 0 Å². The van der Waals surface area contributed by atoms with Crippen molar-refractivity contribution in [3.05, 3.63) is 39.9 Å². The highest BCUT2D eigenvalue weighted by atomic mass is 35.5. The normalized spacial score (nSPS) is 12.4. The van der Waals surface area contributed by atoms with Crippen LogP contribution in [0.5, 0.6) is 0 Å². The zero-order valence-electron chi connectivity index (χ0n) is 9.07. The van der Waals surface area contributed by atoms with Crippen LogP contribution >= 0.6 is 22.9 Å². The third-order valence-electron chi connectivity index (χ3n) is 2.21. The molecule has 2 rings (SSSR count). The molecule has 0 radical (unpaired) electrons. The zero-order valence-corrected chi connectivity index (χ0v) is 10.6.